The van der Waals surface area contributed by atoms with Crippen molar-refractivity contribution in [1.29, 1.82) is 0 Å². The zero-order chi connectivity index (χ0) is 11.5. The van der Waals surface area contributed by atoms with Gasteiger partial charge in [0.25, 0.3) is 0 Å². The number of rotatable bonds is 2. The average molecular weight is 223 g/mol. The number of ether oxygens (including phenoxy) is 1. The summed E-state index contributed by atoms with van der Waals surface area (Å²) in [5.74, 6) is 0.846. The predicted octanol–water partition coefficient (Wildman–Crippen LogP) is 0.583. The Hall–Kier alpha value is -1.20. The van der Waals surface area contributed by atoms with Gasteiger partial charge in [-0.25, -0.2) is 0 Å². The van der Waals surface area contributed by atoms with Gasteiger partial charge < -0.3 is 14.7 Å². The lowest BCUT2D eigenvalue weighted by Crippen LogP contribution is -2.45. The van der Waals surface area contributed by atoms with Crippen LogP contribution in [-0.4, -0.2) is 40.6 Å². The molecule has 88 valence electrons. The molecule has 2 rings (SSSR count). The van der Waals surface area contributed by atoms with Crippen molar-refractivity contribution >= 4 is 5.82 Å². The van der Waals surface area contributed by atoms with E-state index in [4.69, 9.17) is 9.84 Å². The first-order valence-corrected chi connectivity index (χ1v) is 5.53. The van der Waals surface area contributed by atoms with Crippen molar-refractivity contribution in [3.05, 3.63) is 17.8 Å². The number of morpholine rings is 1. The molecule has 1 N–H and O–H groups in total. The normalized spacial score (nSPS) is 25.8. The van der Waals surface area contributed by atoms with Gasteiger partial charge in [0.15, 0.2) is 5.82 Å². The van der Waals surface area contributed by atoms with Crippen LogP contribution in [0.4, 0.5) is 5.82 Å². The highest BCUT2D eigenvalue weighted by Crippen LogP contribution is 2.17. The van der Waals surface area contributed by atoms with Gasteiger partial charge in [-0.3, -0.25) is 0 Å². The Bertz CT molecular complexity index is 332. The molecule has 1 fully saturated rings. The van der Waals surface area contributed by atoms with E-state index in [0.29, 0.717) is 5.69 Å². The number of nitrogens with zero attached hydrogens (tertiary/aromatic N) is 3. The standard InChI is InChI=1S/C11H17N3O2/c1-8-5-14(6-9(2)16-8)11-4-3-10(7-15)12-13-11/h3-4,8-9,15H,5-7H2,1-2H3. The van der Waals surface area contributed by atoms with Crippen LogP contribution in [0.1, 0.15) is 19.5 Å². The third-order valence-corrected chi connectivity index (χ3v) is 2.61. The highest BCUT2D eigenvalue weighted by molar-refractivity contribution is 5.38. The molecule has 1 aliphatic heterocycles. The maximum Gasteiger partial charge on any atom is 0.151 e. The molecule has 0 spiro atoms. The molecule has 2 atom stereocenters. The van der Waals surface area contributed by atoms with Crippen LogP contribution in [0.5, 0.6) is 0 Å². The molecular formula is C11H17N3O2. The Morgan fingerprint density at radius 1 is 1.31 bits per heavy atom. The fraction of sp³-hybridized carbons (Fsp3) is 0.636. The SMILES string of the molecule is CC1CN(c2ccc(CO)nn2)CC(C)O1. The number of hydrogen-bond donors (Lipinski definition) is 1. The Balaban J connectivity index is 2.10. The van der Waals surface area contributed by atoms with Crippen LogP contribution >= 0.6 is 0 Å². The molecule has 1 aromatic heterocycles. The molecule has 1 saturated heterocycles. The highest BCUT2D eigenvalue weighted by Gasteiger charge is 2.23. The molecular weight excluding hydrogens is 206 g/mol. The Labute approximate surface area is 95.1 Å². The molecule has 16 heavy (non-hydrogen) atoms. The van der Waals surface area contributed by atoms with Gasteiger partial charge in [-0.15, -0.1) is 5.10 Å². The average Bonchev–Trinajstić information content (AvgIpc) is 2.28. The number of aromatic nitrogens is 2. The molecule has 5 nitrogen and oxygen atoms in total. The van der Waals surface area contributed by atoms with Crippen molar-refractivity contribution in [2.75, 3.05) is 18.0 Å². The van der Waals surface area contributed by atoms with Crippen molar-refractivity contribution in [3.8, 4) is 0 Å². The van der Waals surface area contributed by atoms with Crippen LogP contribution in [-0.2, 0) is 11.3 Å². The second-order valence-corrected chi connectivity index (χ2v) is 4.20. The summed E-state index contributed by atoms with van der Waals surface area (Å²) in [7, 11) is 0. The number of aliphatic hydroxyl groups excluding tert-OH is 1. The third kappa shape index (κ3) is 2.48. The lowest BCUT2D eigenvalue weighted by atomic mass is 10.2. The first-order valence-electron chi connectivity index (χ1n) is 5.53. The zero-order valence-corrected chi connectivity index (χ0v) is 9.63. The van der Waals surface area contributed by atoms with Gasteiger partial charge in [-0.1, -0.05) is 0 Å². The molecule has 0 aromatic carbocycles. The van der Waals surface area contributed by atoms with E-state index in [0.717, 1.165) is 18.9 Å². The molecule has 1 aliphatic rings. The van der Waals surface area contributed by atoms with E-state index in [1.807, 2.05) is 6.07 Å². The number of hydrogen-bond acceptors (Lipinski definition) is 5. The predicted molar refractivity (Wildman–Crippen MR) is 60.2 cm³/mol. The van der Waals surface area contributed by atoms with Gasteiger partial charge in [0.05, 0.1) is 24.5 Å². The van der Waals surface area contributed by atoms with Gasteiger partial charge in [0.1, 0.15) is 0 Å². The molecule has 0 saturated carbocycles. The summed E-state index contributed by atoms with van der Waals surface area (Å²) >= 11 is 0. The number of anilines is 1. The summed E-state index contributed by atoms with van der Waals surface area (Å²) in [6, 6.07) is 3.69. The maximum absolute atomic E-state index is 8.89. The van der Waals surface area contributed by atoms with Gasteiger partial charge in [-0.05, 0) is 26.0 Å². The van der Waals surface area contributed by atoms with Crippen LogP contribution in [0.2, 0.25) is 0 Å². The molecule has 5 heteroatoms. The first kappa shape index (κ1) is 11.3. The quantitative estimate of drug-likeness (QED) is 0.795. The smallest absolute Gasteiger partial charge is 0.151 e. The molecule has 2 unspecified atom stereocenters. The van der Waals surface area contributed by atoms with Gasteiger partial charge in [0.2, 0.25) is 0 Å². The van der Waals surface area contributed by atoms with Crippen LogP contribution in [0.3, 0.4) is 0 Å². The fourth-order valence-corrected chi connectivity index (χ4v) is 1.97. The monoisotopic (exact) mass is 223 g/mol. The summed E-state index contributed by atoms with van der Waals surface area (Å²) in [4.78, 5) is 2.16. The fourth-order valence-electron chi connectivity index (χ4n) is 1.97. The Kier molecular flexibility index (Phi) is 3.36. The largest absolute Gasteiger partial charge is 0.390 e. The lowest BCUT2D eigenvalue weighted by Gasteiger charge is -2.35. The van der Waals surface area contributed by atoms with Gasteiger partial charge in [-0.2, -0.15) is 5.10 Å². The van der Waals surface area contributed by atoms with Crippen LogP contribution in [0.15, 0.2) is 12.1 Å². The van der Waals surface area contributed by atoms with E-state index in [-0.39, 0.29) is 18.8 Å². The Morgan fingerprint density at radius 3 is 2.50 bits per heavy atom. The summed E-state index contributed by atoms with van der Waals surface area (Å²) in [6.07, 6.45) is 0.422. The van der Waals surface area contributed by atoms with Crippen molar-refractivity contribution in [1.82, 2.24) is 10.2 Å². The molecule has 0 amide bonds. The maximum atomic E-state index is 8.89. The summed E-state index contributed by atoms with van der Waals surface area (Å²) in [5.41, 5.74) is 0.595. The second-order valence-electron chi connectivity index (χ2n) is 4.20. The molecule has 0 bridgehead atoms. The van der Waals surface area contributed by atoms with E-state index in [1.165, 1.54) is 0 Å². The van der Waals surface area contributed by atoms with Gasteiger partial charge >= 0.3 is 0 Å². The number of aliphatic hydroxyl groups is 1. The summed E-state index contributed by atoms with van der Waals surface area (Å²) in [6.45, 7) is 5.70. The lowest BCUT2D eigenvalue weighted by molar-refractivity contribution is -0.00551. The van der Waals surface area contributed by atoms with E-state index in [2.05, 4.69) is 28.9 Å². The highest BCUT2D eigenvalue weighted by atomic mass is 16.5. The topological polar surface area (TPSA) is 58.5 Å². The van der Waals surface area contributed by atoms with Gasteiger partial charge in [0, 0.05) is 13.1 Å². The second kappa shape index (κ2) is 4.76. The van der Waals surface area contributed by atoms with E-state index < -0.39 is 0 Å². The minimum absolute atomic E-state index is 0.0663. The molecule has 0 aliphatic carbocycles. The van der Waals surface area contributed by atoms with Crippen molar-refractivity contribution in [2.24, 2.45) is 0 Å². The van der Waals surface area contributed by atoms with Crippen LogP contribution < -0.4 is 4.90 Å². The molecule has 1 aromatic rings. The third-order valence-electron chi connectivity index (χ3n) is 2.61. The minimum Gasteiger partial charge on any atom is -0.390 e. The summed E-state index contributed by atoms with van der Waals surface area (Å²) < 4.78 is 5.65. The van der Waals surface area contributed by atoms with E-state index >= 15 is 0 Å². The first-order chi connectivity index (χ1) is 7.69. The summed E-state index contributed by atoms with van der Waals surface area (Å²) in [5, 5.41) is 16.9. The Morgan fingerprint density at radius 2 is 2.00 bits per heavy atom. The molecule has 2 heterocycles. The van der Waals surface area contributed by atoms with E-state index in [9.17, 15) is 0 Å². The molecule has 0 radical (unpaired) electrons. The van der Waals surface area contributed by atoms with Crippen LogP contribution in [0, 0.1) is 0 Å². The van der Waals surface area contributed by atoms with Crippen molar-refractivity contribution < 1.29 is 9.84 Å². The van der Waals surface area contributed by atoms with E-state index in [1.54, 1.807) is 6.07 Å². The minimum atomic E-state index is -0.0663. The zero-order valence-electron chi connectivity index (χ0n) is 9.63. The van der Waals surface area contributed by atoms with Crippen molar-refractivity contribution in [2.45, 2.75) is 32.7 Å². The van der Waals surface area contributed by atoms with Crippen molar-refractivity contribution in [3.63, 3.8) is 0 Å². The van der Waals surface area contributed by atoms with Crippen LogP contribution in [0.25, 0.3) is 0 Å².